The van der Waals surface area contributed by atoms with Gasteiger partial charge >= 0.3 is 0 Å². The number of nitrogens with zero attached hydrogens (tertiary/aromatic N) is 1. The number of benzene rings is 1. The lowest BCUT2D eigenvalue weighted by atomic mass is 9.86. The zero-order valence-corrected chi connectivity index (χ0v) is 12.9. The van der Waals surface area contributed by atoms with Crippen LogP contribution in [0.15, 0.2) is 24.3 Å². The summed E-state index contributed by atoms with van der Waals surface area (Å²) >= 11 is 6.25. The molecule has 2 rings (SSSR count). The highest BCUT2D eigenvalue weighted by Gasteiger charge is 2.39. The van der Waals surface area contributed by atoms with Gasteiger partial charge in [0.25, 0.3) is 0 Å². The van der Waals surface area contributed by atoms with Crippen molar-refractivity contribution in [3.05, 3.63) is 34.9 Å². The molecule has 0 radical (unpaired) electrons. The van der Waals surface area contributed by atoms with Crippen LogP contribution in [0.4, 0.5) is 0 Å². The molecule has 1 aromatic carbocycles. The van der Waals surface area contributed by atoms with Crippen LogP contribution >= 0.6 is 11.6 Å². The van der Waals surface area contributed by atoms with E-state index in [9.17, 15) is 5.11 Å². The summed E-state index contributed by atoms with van der Waals surface area (Å²) in [6, 6.07) is 7.98. The maximum absolute atomic E-state index is 9.60. The summed E-state index contributed by atoms with van der Waals surface area (Å²) in [5, 5.41) is 10.4. The fourth-order valence-corrected chi connectivity index (χ4v) is 2.76. The third-order valence-corrected chi connectivity index (χ3v) is 4.26. The standard InChI is InChI=1S/C16H24ClNO2/c1-2-3-8-18(10-16(11-19)12-20-13-16)9-14-6-4-5-7-15(14)17/h4-7,19H,2-3,8-13H2,1H3. The van der Waals surface area contributed by atoms with E-state index in [0.717, 1.165) is 36.6 Å². The van der Waals surface area contributed by atoms with Crippen molar-refractivity contribution >= 4 is 11.6 Å². The van der Waals surface area contributed by atoms with E-state index in [-0.39, 0.29) is 12.0 Å². The molecule has 0 aromatic heterocycles. The molecule has 20 heavy (non-hydrogen) atoms. The van der Waals surface area contributed by atoms with Crippen LogP contribution in [-0.4, -0.2) is 42.9 Å². The highest BCUT2D eigenvalue weighted by atomic mass is 35.5. The highest BCUT2D eigenvalue weighted by molar-refractivity contribution is 6.31. The van der Waals surface area contributed by atoms with Gasteiger partial charge in [-0.15, -0.1) is 0 Å². The molecule has 0 bridgehead atoms. The van der Waals surface area contributed by atoms with Gasteiger partial charge in [0.05, 0.1) is 25.2 Å². The molecule has 1 fully saturated rings. The Morgan fingerprint density at radius 1 is 1.35 bits per heavy atom. The molecule has 1 aliphatic heterocycles. The molecule has 0 atom stereocenters. The number of halogens is 1. The Balaban J connectivity index is 2.01. The summed E-state index contributed by atoms with van der Waals surface area (Å²) in [5.74, 6) is 0. The summed E-state index contributed by atoms with van der Waals surface area (Å²) in [5.41, 5.74) is 1.08. The Hall–Kier alpha value is -0.610. The SMILES string of the molecule is CCCCN(Cc1ccccc1Cl)CC1(CO)COC1. The molecular formula is C16H24ClNO2. The molecule has 0 saturated carbocycles. The number of unbranched alkanes of at least 4 members (excludes halogenated alkanes) is 1. The smallest absolute Gasteiger partial charge is 0.0579 e. The number of rotatable bonds is 8. The van der Waals surface area contributed by atoms with Gasteiger partial charge < -0.3 is 9.84 Å². The van der Waals surface area contributed by atoms with Gasteiger partial charge in [-0.25, -0.2) is 0 Å². The highest BCUT2D eigenvalue weighted by Crippen LogP contribution is 2.29. The zero-order valence-electron chi connectivity index (χ0n) is 12.1. The maximum Gasteiger partial charge on any atom is 0.0579 e. The molecule has 1 saturated heterocycles. The fraction of sp³-hybridized carbons (Fsp3) is 0.625. The van der Waals surface area contributed by atoms with Crippen molar-refractivity contribution in [2.45, 2.75) is 26.3 Å². The van der Waals surface area contributed by atoms with Crippen molar-refractivity contribution in [1.29, 1.82) is 0 Å². The first kappa shape index (κ1) is 15.8. The van der Waals surface area contributed by atoms with Crippen LogP contribution in [0.1, 0.15) is 25.3 Å². The van der Waals surface area contributed by atoms with Crippen LogP contribution in [-0.2, 0) is 11.3 Å². The number of ether oxygens (including phenoxy) is 1. The van der Waals surface area contributed by atoms with Crippen molar-refractivity contribution < 1.29 is 9.84 Å². The normalized spacial score (nSPS) is 17.2. The van der Waals surface area contributed by atoms with Crippen molar-refractivity contribution in [3.8, 4) is 0 Å². The molecule has 3 nitrogen and oxygen atoms in total. The van der Waals surface area contributed by atoms with E-state index < -0.39 is 0 Å². The number of aliphatic hydroxyl groups excluding tert-OH is 1. The van der Waals surface area contributed by atoms with Crippen LogP contribution < -0.4 is 0 Å². The van der Waals surface area contributed by atoms with Gasteiger partial charge in [-0.3, -0.25) is 4.90 Å². The molecule has 0 spiro atoms. The van der Waals surface area contributed by atoms with Gasteiger partial charge in [0.15, 0.2) is 0 Å². The summed E-state index contributed by atoms with van der Waals surface area (Å²) in [7, 11) is 0. The minimum Gasteiger partial charge on any atom is -0.396 e. The summed E-state index contributed by atoms with van der Waals surface area (Å²) in [6.45, 7) is 6.45. The number of hydrogen-bond donors (Lipinski definition) is 1. The predicted octanol–water partition coefficient (Wildman–Crippen LogP) is 2.95. The Kier molecular flexibility index (Phi) is 5.85. The zero-order chi connectivity index (χ0) is 14.4. The van der Waals surface area contributed by atoms with Crippen LogP contribution in [0.2, 0.25) is 5.02 Å². The average Bonchev–Trinajstić information content (AvgIpc) is 2.42. The molecule has 0 unspecified atom stereocenters. The minimum absolute atomic E-state index is 0.0744. The average molecular weight is 298 g/mol. The van der Waals surface area contributed by atoms with Crippen LogP contribution in [0.25, 0.3) is 0 Å². The second-order valence-electron chi connectivity index (χ2n) is 5.81. The van der Waals surface area contributed by atoms with E-state index in [0.29, 0.717) is 13.2 Å². The monoisotopic (exact) mass is 297 g/mol. The van der Waals surface area contributed by atoms with E-state index in [1.165, 1.54) is 6.42 Å². The maximum atomic E-state index is 9.60. The predicted molar refractivity (Wildman–Crippen MR) is 82.0 cm³/mol. The fourth-order valence-electron chi connectivity index (χ4n) is 2.56. The topological polar surface area (TPSA) is 32.7 Å². The van der Waals surface area contributed by atoms with E-state index >= 15 is 0 Å². The summed E-state index contributed by atoms with van der Waals surface area (Å²) in [6.07, 6.45) is 2.33. The Labute approximate surface area is 126 Å². The quantitative estimate of drug-likeness (QED) is 0.801. The van der Waals surface area contributed by atoms with Gasteiger partial charge in [-0.2, -0.15) is 0 Å². The van der Waals surface area contributed by atoms with E-state index in [2.05, 4.69) is 17.9 Å². The molecular weight excluding hydrogens is 274 g/mol. The molecule has 0 amide bonds. The summed E-state index contributed by atoms with van der Waals surface area (Å²) < 4.78 is 5.30. The second kappa shape index (κ2) is 7.41. The van der Waals surface area contributed by atoms with Gasteiger partial charge in [0, 0.05) is 18.1 Å². The third-order valence-electron chi connectivity index (χ3n) is 3.89. The second-order valence-corrected chi connectivity index (χ2v) is 6.21. The van der Waals surface area contributed by atoms with Crippen LogP contribution in [0.3, 0.4) is 0 Å². The van der Waals surface area contributed by atoms with Crippen molar-refractivity contribution in [1.82, 2.24) is 4.90 Å². The molecule has 1 aromatic rings. The lowest BCUT2D eigenvalue weighted by Gasteiger charge is -2.43. The van der Waals surface area contributed by atoms with E-state index in [4.69, 9.17) is 16.3 Å². The van der Waals surface area contributed by atoms with Gasteiger partial charge in [-0.1, -0.05) is 43.1 Å². The van der Waals surface area contributed by atoms with Gasteiger partial charge in [0.2, 0.25) is 0 Å². The van der Waals surface area contributed by atoms with Crippen molar-refractivity contribution in [2.75, 3.05) is 32.9 Å². The van der Waals surface area contributed by atoms with Gasteiger partial charge in [0.1, 0.15) is 0 Å². The molecule has 1 N–H and O–H groups in total. The first-order valence-electron chi connectivity index (χ1n) is 7.33. The van der Waals surface area contributed by atoms with Crippen LogP contribution in [0.5, 0.6) is 0 Å². The largest absolute Gasteiger partial charge is 0.396 e. The first-order chi connectivity index (χ1) is 9.69. The number of aliphatic hydroxyl groups is 1. The molecule has 0 aliphatic carbocycles. The number of hydrogen-bond acceptors (Lipinski definition) is 3. The van der Waals surface area contributed by atoms with Crippen LogP contribution in [0, 0.1) is 5.41 Å². The lowest BCUT2D eigenvalue weighted by molar-refractivity contribution is -0.149. The van der Waals surface area contributed by atoms with Crippen molar-refractivity contribution in [2.24, 2.45) is 5.41 Å². The van der Waals surface area contributed by atoms with E-state index in [1.807, 2.05) is 18.2 Å². The van der Waals surface area contributed by atoms with Gasteiger partial charge in [-0.05, 0) is 24.6 Å². The Morgan fingerprint density at radius 3 is 2.65 bits per heavy atom. The van der Waals surface area contributed by atoms with Crippen molar-refractivity contribution in [3.63, 3.8) is 0 Å². The summed E-state index contributed by atoms with van der Waals surface area (Å²) in [4.78, 5) is 2.39. The lowest BCUT2D eigenvalue weighted by Crippen LogP contribution is -2.53. The first-order valence-corrected chi connectivity index (χ1v) is 7.71. The molecule has 1 heterocycles. The Morgan fingerprint density at radius 2 is 2.10 bits per heavy atom. The molecule has 112 valence electrons. The molecule has 4 heteroatoms. The molecule has 1 aliphatic rings. The third kappa shape index (κ3) is 3.95. The minimum atomic E-state index is -0.0744. The van der Waals surface area contributed by atoms with E-state index in [1.54, 1.807) is 0 Å². The Bertz CT molecular complexity index is 415.